The van der Waals surface area contributed by atoms with Crippen molar-refractivity contribution in [3.63, 3.8) is 0 Å². The summed E-state index contributed by atoms with van der Waals surface area (Å²) in [5, 5.41) is 8.98. The van der Waals surface area contributed by atoms with Crippen LogP contribution in [0.3, 0.4) is 0 Å². The van der Waals surface area contributed by atoms with Crippen LogP contribution >= 0.6 is 0 Å². The first kappa shape index (κ1) is 11.1. The van der Waals surface area contributed by atoms with Crippen molar-refractivity contribution in [3.8, 4) is 0 Å². The van der Waals surface area contributed by atoms with Gasteiger partial charge in [-0.2, -0.15) is 0 Å². The molecule has 0 radical (unpaired) electrons. The van der Waals surface area contributed by atoms with E-state index in [1.165, 1.54) is 6.07 Å². The molecular formula is C12H14FNO2. The van der Waals surface area contributed by atoms with Gasteiger partial charge < -0.3 is 5.11 Å². The zero-order valence-electron chi connectivity index (χ0n) is 8.95. The molecule has 0 bridgehead atoms. The third-order valence-electron chi connectivity index (χ3n) is 2.89. The molecule has 1 aliphatic heterocycles. The third-order valence-corrected chi connectivity index (χ3v) is 2.89. The summed E-state index contributed by atoms with van der Waals surface area (Å²) in [5.41, 5.74) is 0.766. The number of hydrogen-bond acceptors (Lipinski definition) is 2. The molecule has 2 rings (SSSR count). The number of carboxylic acid groups (broad SMARTS) is 1. The largest absolute Gasteiger partial charge is 0.478 e. The van der Waals surface area contributed by atoms with Crippen molar-refractivity contribution in [2.75, 3.05) is 13.1 Å². The maximum absolute atomic E-state index is 12.9. The molecule has 1 fully saturated rings. The van der Waals surface area contributed by atoms with Gasteiger partial charge in [-0.15, -0.1) is 0 Å². The number of hydrogen-bond donors (Lipinski definition) is 1. The zero-order chi connectivity index (χ0) is 11.5. The van der Waals surface area contributed by atoms with Crippen LogP contribution < -0.4 is 0 Å². The topological polar surface area (TPSA) is 40.5 Å². The van der Waals surface area contributed by atoms with Gasteiger partial charge in [0.15, 0.2) is 0 Å². The van der Waals surface area contributed by atoms with Gasteiger partial charge >= 0.3 is 5.97 Å². The fourth-order valence-corrected chi connectivity index (χ4v) is 2.07. The Morgan fingerprint density at radius 3 is 2.69 bits per heavy atom. The molecule has 4 heteroatoms. The van der Waals surface area contributed by atoms with Gasteiger partial charge in [0.2, 0.25) is 0 Å². The van der Waals surface area contributed by atoms with E-state index in [9.17, 15) is 9.18 Å². The standard InChI is InChI=1S/C12H14FNO2/c13-10-4-3-9(11(7-10)12(15)16)8-14-5-1-2-6-14/h3-4,7H,1-2,5-6,8H2,(H,15,16). The molecule has 0 aromatic heterocycles. The molecule has 0 atom stereocenters. The first-order valence-electron chi connectivity index (χ1n) is 5.41. The van der Waals surface area contributed by atoms with E-state index in [-0.39, 0.29) is 5.56 Å². The normalized spacial score (nSPS) is 16.6. The number of benzene rings is 1. The second kappa shape index (κ2) is 4.61. The second-order valence-electron chi connectivity index (χ2n) is 4.09. The average Bonchev–Trinajstić information content (AvgIpc) is 2.73. The van der Waals surface area contributed by atoms with Crippen LogP contribution in [0.2, 0.25) is 0 Å². The van der Waals surface area contributed by atoms with Crippen LogP contribution in [0.1, 0.15) is 28.8 Å². The quantitative estimate of drug-likeness (QED) is 0.853. The summed E-state index contributed by atoms with van der Waals surface area (Å²) in [6.45, 7) is 2.59. The molecule has 0 unspecified atom stereocenters. The predicted molar refractivity (Wildman–Crippen MR) is 57.9 cm³/mol. The lowest BCUT2D eigenvalue weighted by Crippen LogP contribution is -2.20. The van der Waals surface area contributed by atoms with Crippen molar-refractivity contribution in [2.45, 2.75) is 19.4 Å². The molecule has 86 valence electrons. The van der Waals surface area contributed by atoms with E-state index in [2.05, 4.69) is 4.90 Å². The summed E-state index contributed by atoms with van der Waals surface area (Å²) < 4.78 is 12.9. The van der Waals surface area contributed by atoms with Crippen molar-refractivity contribution in [1.29, 1.82) is 0 Å². The molecule has 1 aromatic rings. The van der Waals surface area contributed by atoms with Crippen LogP contribution in [0.4, 0.5) is 4.39 Å². The van der Waals surface area contributed by atoms with Crippen LogP contribution in [-0.2, 0) is 6.54 Å². The van der Waals surface area contributed by atoms with E-state index in [1.807, 2.05) is 0 Å². The molecule has 16 heavy (non-hydrogen) atoms. The molecule has 1 aromatic carbocycles. The van der Waals surface area contributed by atoms with Gasteiger partial charge in [-0.05, 0) is 43.6 Å². The Labute approximate surface area is 93.5 Å². The van der Waals surface area contributed by atoms with Crippen molar-refractivity contribution in [2.24, 2.45) is 0 Å². The number of carboxylic acids is 1. The van der Waals surface area contributed by atoms with E-state index >= 15 is 0 Å². The number of rotatable bonds is 3. The minimum atomic E-state index is -1.06. The van der Waals surface area contributed by atoms with Crippen LogP contribution in [0.5, 0.6) is 0 Å². The maximum atomic E-state index is 12.9. The highest BCUT2D eigenvalue weighted by Crippen LogP contribution is 2.17. The molecule has 1 N–H and O–H groups in total. The summed E-state index contributed by atoms with van der Waals surface area (Å²) in [6, 6.07) is 3.97. The summed E-state index contributed by atoms with van der Waals surface area (Å²) >= 11 is 0. The smallest absolute Gasteiger partial charge is 0.336 e. The fourth-order valence-electron chi connectivity index (χ4n) is 2.07. The summed E-state index contributed by atoms with van der Waals surface area (Å²) in [7, 11) is 0. The molecule has 3 nitrogen and oxygen atoms in total. The number of nitrogens with zero attached hydrogens (tertiary/aromatic N) is 1. The molecule has 0 saturated carbocycles. The van der Waals surface area contributed by atoms with E-state index < -0.39 is 11.8 Å². The summed E-state index contributed by atoms with van der Waals surface area (Å²) in [5.74, 6) is -1.56. The Kier molecular flexibility index (Phi) is 3.19. The number of carbonyl (C=O) groups is 1. The summed E-state index contributed by atoms with van der Waals surface area (Å²) in [4.78, 5) is 13.2. The minimum Gasteiger partial charge on any atom is -0.478 e. The highest BCUT2D eigenvalue weighted by molar-refractivity contribution is 5.89. The fraction of sp³-hybridized carbons (Fsp3) is 0.417. The Balaban J connectivity index is 2.21. The van der Waals surface area contributed by atoms with Gasteiger partial charge in [0.05, 0.1) is 5.56 Å². The lowest BCUT2D eigenvalue weighted by molar-refractivity contribution is 0.0694. The Morgan fingerprint density at radius 1 is 1.38 bits per heavy atom. The van der Waals surface area contributed by atoms with Crippen molar-refractivity contribution in [3.05, 3.63) is 35.1 Å². The van der Waals surface area contributed by atoms with E-state index in [0.717, 1.165) is 32.0 Å². The number of aromatic carboxylic acids is 1. The molecule has 0 spiro atoms. The minimum absolute atomic E-state index is 0.0758. The Hall–Kier alpha value is -1.42. The van der Waals surface area contributed by atoms with Gasteiger partial charge in [-0.1, -0.05) is 6.07 Å². The second-order valence-corrected chi connectivity index (χ2v) is 4.09. The van der Waals surface area contributed by atoms with Crippen molar-refractivity contribution < 1.29 is 14.3 Å². The van der Waals surface area contributed by atoms with Crippen LogP contribution in [0.15, 0.2) is 18.2 Å². The van der Waals surface area contributed by atoms with Gasteiger partial charge in [-0.3, -0.25) is 4.90 Å². The third kappa shape index (κ3) is 2.39. The van der Waals surface area contributed by atoms with E-state index in [1.54, 1.807) is 6.07 Å². The molecule has 0 amide bonds. The SMILES string of the molecule is O=C(O)c1cc(F)ccc1CN1CCCC1. The lowest BCUT2D eigenvalue weighted by atomic mass is 10.1. The average molecular weight is 223 g/mol. The number of likely N-dealkylation sites (tertiary alicyclic amines) is 1. The molecular weight excluding hydrogens is 209 g/mol. The summed E-state index contributed by atoms with van der Waals surface area (Å²) in [6.07, 6.45) is 2.31. The van der Waals surface area contributed by atoms with Gasteiger partial charge in [0.1, 0.15) is 5.82 Å². The van der Waals surface area contributed by atoms with Crippen molar-refractivity contribution in [1.82, 2.24) is 4.90 Å². The Bertz CT molecular complexity index is 400. The van der Waals surface area contributed by atoms with Crippen LogP contribution in [0.25, 0.3) is 0 Å². The highest BCUT2D eigenvalue weighted by Gasteiger charge is 2.16. The molecule has 1 aliphatic rings. The first-order chi connectivity index (χ1) is 7.66. The Morgan fingerprint density at radius 2 is 2.06 bits per heavy atom. The molecule has 1 saturated heterocycles. The van der Waals surface area contributed by atoms with Gasteiger partial charge in [0.25, 0.3) is 0 Å². The van der Waals surface area contributed by atoms with Crippen LogP contribution in [0, 0.1) is 5.82 Å². The van der Waals surface area contributed by atoms with Gasteiger partial charge in [-0.25, -0.2) is 9.18 Å². The predicted octanol–water partition coefficient (Wildman–Crippen LogP) is 2.12. The zero-order valence-corrected chi connectivity index (χ0v) is 8.95. The first-order valence-corrected chi connectivity index (χ1v) is 5.41. The lowest BCUT2D eigenvalue weighted by Gasteiger charge is -2.16. The maximum Gasteiger partial charge on any atom is 0.336 e. The van der Waals surface area contributed by atoms with E-state index in [4.69, 9.17) is 5.11 Å². The van der Waals surface area contributed by atoms with Crippen LogP contribution in [-0.4, -0.2) is 29.1 Å². The highest BCUT2D eigenvalue weighted by atomic mass is 19.1. The molecule has 0 aliphatic carbocycles. The number of halogens is 1. The van der Waals surface area contributed by atoms with E-state index in [0.29, 0.717) is 12.1 Å². The monoisotopic (exact) mass is 223 g/mol. The molecule has 1 heterocycles. The van der Waals surface area contributed by atoms with Crippen molar-refractivity contribution >= 4 is 5.97 Å². The van der Waals surface area contributed by atoms with Gasteiger partial charge in [0, 0.05) is 6.54 Å².